The number of non-ortho nitro benzene ring substituents is 1. The number of methoxy groups -OCH3 is 2. The van der Waals surface area contributed by atoms with E-state index in [1.54, 1.807) is 53.4 Å². The maximum absolute atomic E-state index is 16.5. The van der Waals surface area contributed by atoms with Crippen LogP contribution in [0.1, 0.15) is 58.0 Å². The van der Waals surface area contributed by atoms with Gasteiger partial charge in [0.2, 0.25) is 11.8 Å². The van der Waals surface area contributed by atoms with Crippen LogP contribution in [0.5, 0.6) is 5.75 Å². The largest absolute Gasteiger partial charge is 0.491 e. The number of cyclic esters (lactones) is 1. The molecular formula is C54H48N4O14. The fraction of sp³-hybridized carbons (Fsp3) is 0.259. The molecule has 5 aromatic carbocycles. The number of nitrogens with zero attached hydrogens (tertiary/aromatic N) is 3. The van der Waals surface area contributed by atoms with Crippen molar-refractivity contribution in [3.05, 3.63) is 184 Å². The molecule has 3 aliphatic rings. The molecule has 5 aromatic rings. The molecule has 0 bridgehead atoms. The molecule has 6 atom stereocenters. The van der Waals surface area contributed by atoms with E-state index in [1.165, 1.54) is 48.5 Å². The molecule has 3 heterocycles. The average Bonchev–Trinajstić information content (AvgIpc) is 3.86. The van der Waals surface area contributed by atoms with Gasteiger partial charge in [-0.25, -0.2) is 9.69 Å². The van der Waals surface area contributed by atoms with Crippen molar-refractivity contribution in [2.45, 2.75) is 42.7 Å². The van der Waals surface area contributed by atoms with Gasteiger partial charge in [-0.15, -0.1) is 6.58 Å². The van der Waals surface area contributed by atoms with Crippen molar-refractivity contribution >= 4 is 47.2 Å². The zero-order chi connectivity index (χ0) is 51.1. The van der Waals surface area contributed by atoms with E-state index >= 15 is 14.4 Å². The van der Waals surface area contributed by atoms with Gasteiger partial charge in [0, 0.05) is 36.2 Å². The Labute approximate surface area is 413 Å². The van der Waals surface area contributed by atoms with Gasteiger partial charge in [0.25, 0.3) is 5.69 Å². The Morgan fingerprint density at radius 2 is 1.54 bits per heavy atom. The molecule has 18 nitrogen and oxygen atoms in total. The van der Waals surface area contributed by atoms with E-state index < -0.39 is 95.4 Å². The Kier molecular flexibility index (Phi) is 14.9. The first-order valence-electron chi connectivity index (χ1n) is 22.7. The standard InChI is InChI=1S/C54H48N4O14/c1-4-28-55-48(60)43-45-51(63)72-46(36-17-9-6-10-18-36)44(35-15-7-5-8-16-35)57(45)47(38-19-11-12-21-42(38)70-30-29-59)54(43)40-31-33(14-13-20-39(49(61)68-2)50(62)69-3)24-27-41(40)56(52(54)64)53(65)71-32-34-22-25-37(26-23-34)58(66)67/h4-12,15-19,21-27,31,39,43-47,59H,1,20,28-30,32H2,2-3H3,(H,55,60)/t43-,44-,45-,46+,47+,54-/m1/s1. The smallest absolute Gasteiger partial charge is 0.421 e. The number of ether oxygens (including phenoxy) is 5. The van der Waals surface area contributed by atoms with Crippen LogP contribution in [0.15, 0.2) is 140 Å². The monoisotopic (exact) mass is 976 g/mol. The van der Waals surface area contributed by atoms with E-state index in [4.69, 9.17) is 23.7 Å². The number of morpholine rings is 1. The van der Waals surface area contributed by atoms with Gasteiger partial charge >= 0.3 is 24.0 Å². The molecule has 368 valence electrons. The molecule has 2 N–H and O–H groups in total. The summed E-state index contributed by atoms with van der Waals surface area (Å²) in [5.41, 5.74) is -0.347. The number of esters is 3. The molecule has 3 aliphatic heterocycles. The Morgan fingerprint density at radius 3 is 2.18 bits per heavy atom. The van der Waals surface area contributed by atoms with E-state index in [0.29, 0.717) is 22.3 Å². The van der Waals surface area contributed by atoms with Crippen molar-refractivity contribution in [2.24, 2.45) is 11.8 Å². The normalized spacial score (nSPS) is 20.8. The summed E-state index contributed by atoms with van der Waals surface area (Å²) in [5.74, 6) is -1.49. The average molecular weight is 977 g/mol. The Morgan fingerprint density at radius 1 is 0.889 bits per heavy atom. The van der Waals surface area contributed by atoms with E-state index in [-0.39, 0.29) is 47.8 Å². The number of carbonyl (C=O) groups excluding carboxylic acids is 6. The molecule has 8 rings (SSSR count). The Balaban J connectivity index is 1.42. The SMILES string of the molecule is C=CCNC(=O)[C@H]1[C@@H]2C(=O)O[C@@H](c3ccccc3)[C@@H](c3ccccc3)N2[C@@H](c2ccccc2OCCO)[C@]12C(=O)N(C(=O)OCc1ccc([N+](=O)[O-])cc1)c1ccc(C#CCC(C(=O)OC)C(=O)OC)cc12. The number of aliphatic hydroxyl groups is 1. The topological polar surface area (TPSA) is 230 Å². The number of fused-ring (bicyclic) bond motifs is 3. The molecule has 1 spiro atoms. The molecule has 18 heteroatoms. The Bertz CT molecular complexity index is 2960. The molecule has 72 heavy (non-hydrogen) atoms. The zero-order valence-corrected chi connectivity index (χ0v) is 39.0. The number of hydrogen-bond donors (Lipinski definition) is 2. The summed E-state index contributed by atoms with van der Waals surface area (Å²) in [6.07, 6.45) is -1.13. The lowest BCUT2D eigenvalue weighted by atomic mass is 9.65. The fourth-order valence-corrected chi connectivity index (χ4v) is 9.94. The highest BCUT2D eigenvalue weighted by Gasteiger charge is 2.76. The van der Waals surface area contributed by atoms with Crippen LogP contribution in [0.4, 0.5) is 16.2 Å². The fourth-order valence-electron chi connectivity index (χ4n) is 9.94. The van der Waals surface area contributed by atoms with Crippen LogP contribution in [-0.2, 0) is 54.9 Å². The van der Waals surface area contributed by atoms with Gasteiger partial charge in [-0.3, -0.25) is 39.0 Å². The summed E-state index contributed by atoms with van der Waals surface area (Å²) in [4.78, 5) is 101. The first-order chi connectivity index (χ1) is 34.9. The number of imide groups is 1. The van der Waals surface area contributed by atoms with Crippen LogP contribution in [-0.4, -0.2) is 90.8 Å². The van der Waals surface area contributed by atoms with Crippen molar-refractivity contribution < 1.29 is 62.5 Å². The number of nitrogens with one attached hydrogen (secondary N) is 1. The molecule has 2 saturated heterocycles. The molecular weight excluding hydrogens is 929 g/mol. The maximum Gasteiger partial charge on any atom is 0.421 e. The third-order valence-corrected chi connectivity index (χ3v) is 12.9. The lowest BCUT2D eigenvalue weighted by molar-refractivity contribution is -0.384. The molecule has 0 radical (unpaired) electrons. The van der Waals surface area contributed by atoms with E-state index in [0.717, 1.165) is 19.1 Å². The van der Waals surface area contributed by atoms with Gasteiger partial charge in [-0.05, 0) is 58.7 Å². The van der Waals surface area contributed by atoms with Crippen LogP contribution >= 0.6 is 0 Å². The van der Waals surface area contributed by atoms with Gasteiger partial charge in [0.05, 0.1) is 49.4 Å². The number of rotatable bonds is 15. The second-order valence-corrected chi connectivity index (χ2v) is 16.9. The summed E-state index contributed by atoms with van der Waals surface area (Å²) < 4.78 is 28.2. The number of anilines is 1. The minimum atomic E-state index is -2.27. The number of aliphatic hydroxyl groups excluding tert-OH is 1. The maximum atomic E-state index is 16.5. The third-order valence-electron chi connectivity index (χ3n) is 12.9. The molecule has 2 fully saturated rings. The van der Waals surface area contributed by atoms with Crippen molar-refractivity contribution in [1.29, 1.82) is 0 Å². The lowest BCUT2D eigenvalue weighted by Gasteiger charge is -2.46. The van der Waals surface area contributed by atoms with E-state index in [1.807, 2.05) is 36.4 Å². The second kappa shape index (κ2) is 21.5. The number of nitro groups is 1. The number of carbonyl (C=O) groups is 6. The minimum Gasteiger partial charge on any atom is -0.491 e. The van der Waals surface area contributed by atoms with Gasteiger partial charge in [0.15, 0.2) is 5.92 Å². The number of benzene rings is 5. The lowest BCUT2D eigenvalue weighted by Crippen LogP contribution is -2.55. The first kappa shape index (κ1) is 49.8. The number of amides is 3. The first-order valence-corrected chi connectivity index (χ1v) is 22.7. The molecule has 0 aliphatic carbocycles. The van der Waals surface area contributed by atoms with Gasteiger partial charge < -0.3 is 34.1 Å². The van der Waals surface area contributed by atoms with Crippen LogP contribution < -0.4 is 15.0 Å². The molecule has 0 aromatic heterocycles. The summed E-state index contributed by atoms with van der Waals surface area (Å²) in [6, 6.07) is 30.7. The van der Waals surface area contributed by atoms with Crippen molar-refractivity contribution in [1.82, 2.24) is 10.2 Å². The van der Waals surface area contributed by atoms with Crippen LogP contribution in [0.25, 0.3) is 0 Å². The highest BCUT2D eigenvalue weighted by Crippen LogP contribution is 2.66. The van der Waals surface area contributed by atoms with E-state index in [9.17, 15) is 29.6 Å². The van der Waals surface area contributed by atoms with Gasteiger partial charge in [0.1, 0.15) is 36.5 Å². The summed E-state index contributed by atoms with van der Waals surface area (Å²) in [5, 5.41) is 24.3. The van der Waals surface area contributed by atoms with Crippen LogP contribution in [0, 0.1) is 33.8 Å². The van der Waals surface area contributed by atoms with Crippen molar-refractivity contribution in [3.63, 3.8) is 0 Å². The van der Waals surface area contributed by atoms with Crippen LogP contribution in [0.3, 0.4) is 0 Å². The summed E-state index contributed by atoms with van der Waals surface area (Å²) >= 11 is 0. The summed E-state index contributed by atoms with van der Waals surface area (Å²) in [6.45, 7) is 2.65. The molecule has 0 saturated carbocycles. The molecule has 0 unspecified atom stereocenters. The van der Waals surface area contributed by atoms with Gasteiger partial charge in [-0.2, -0.15) is 0 Å². The Hall–Kier alpha value is -8.66. The minimum absolute atomic E-state index is 0.0365. The van der Waals surface area contributed by atoms with Crippen molar-refractivity contribution in [2.75, 3.05) is 38.9 Å². The number of hydrogen-bond acceptors (Lipinski definition) is 15. The van der Waals surface area contributed by atoms with Crippen LogP contribution in [0.2, 0.25) is 0 Å². The third kappa shape index (κ3) is 9.14. The van der Waals surface area contributed by atoms with Crippen molar-refractivity contribution in [3.8, 4) is 17.6 Å². The zero-order valence-electron chi connectivity index (χ0n) is 39.0. The predicted molar refractivity (Wildman–Crippen MR) is 256 cm³/mol. The quantitative estimate of drug-likeness (QED) is 0.0234. The molecule has 3 amide bonds. The van der Waals surface area contributed by atoms with Gasteiger partial charge in [-0.1, -0.05) is 96.8 Å². The summed E-state index contributed by atoms with van der Waals surface area (Å²) in [7, 11) is 2.23. The predicted octanol–water partition coefficient (Wildman–Crippen LogP) is 5.97. The number of para-hydroxylation sites is 1. The number of nitro benzene ring substituents is 1. The highest BCUT2D eigenvalue weighted by molar-refractivity contribution is 6.23. The highest BCUT2D eigenvalue weighted by atomic mass is 16.6. The van der Waals surface area contributed by atoms with E-state index in [2.05, 4.69) is 23.7 Å². The second-order valence-electron chi connectivity index (χ2n) is 16.9.